The molecule has 4 bridgehead atoms. The Morgan fingerprint density at radius 2 is 1.53 bits per heavy atom. The summed E-state index contributed by atoms with van der Waals surface area (Å²) in [5, 5.41) is 30.3. The fraction of sp³-hybridized carbons (Fsp3) is 0.438. The molecule has 12 rings (SSSR count). The first kappa shape index (κ1) is 74.2. The second-order valence-electron chi connectivity index (χ2n) is 28.7. The molecule has 0 saturated heterocycles. The van der Waals surface area contributed by atoms with Crippen LogP contribution in [0.25, 0.3) is 43.5 Å². The average Bonchev–Trinajstić information content (AvgIpc) is 0.913. The number of aromatic carboxylic acids is 1. The van der Waals surface area contributed by atoms with E-state index in [1.807, 2.05) is 35.9 Å². The van der Waals surface area contributed by atoms with E-state index in [0.29, 0.717) is 87.5 Å². The van der Waals surface area contributed by atoms with E-state index in [1.165, 1.54) is 28.4 Å². The van der Waals surface area contributed by atoms with Crippen molar-refractivity contribution in [3.8, 4) is 22.4 Å². The highest BCUT2D eigenvalue weighted by molar-refractivity contribution is 7.85. The molecule has 4 aliphatic carbocycles. The van der Waals surface area contributed by atoms with E-state index in [2.05, 4.69) is 50.4 Å². The van der Waals surface area contributed by atoms with E-state index in [-0.39, 0.29) is 97.7 Å². The second kappa shape index (κ2) is 30.9. The van der Waals surface area contributed by atoms with Crippen molar-refractivity contribution in [3.05, 3.63) is 132 Å². The van der Waals surface area contributed by atoms with Crippen molar-refractivity contribution in [2.75, 3.05) is 49.2 Å². The number of aromatic nitrogens is 5. The van der Waals surface area contributed by atoms with Gasteiger partial charge in [0.05, 0.1) is 51.1 Å². The molecule has 0 radical (unpaired) electrons. The van der Waals surface area contributed by atoms with Gasteiger partial charge < -0.3 is 46.5 Å². The first-order chi connectivity index (χ1) is 49.0. The number of para-hydroxylation sites is 1. The van der Waals surface area contributed by atoms with Crippen LogP contribution >= 0.6 is 11.3 Å². The van der Waals surface area contributed by atoms with Crippen molar-refractivity contribution in [1.82, 2.24) is 50.5 Å². The molecule has 4 saturated carbocycles. The first-order valence-electron chi connectivity index (χ1n) is 34.4. The van der Waals surface area contributed by atoms with Gasteiger partial charge in [0.1, 0.15) is 18.7 Å². The van der Waals surface area contributed by atoms with Crippen molar-refractivity contribution in [1.29, 1.82) is 0 Å². The Labute approximate surface area is 599 Å². The zero-order valence-electron chi connectivity index (χ0n) is 58.0. The topological polar surface area (TPSA) is 396 Å². The number of carbonyl (C=O) groups is 9. The number of nitrogens with two attached hydrogens (primary N) is 1. The third-order valence-electron chi connectivity index (χ3n) is 19.7. The number of amides is 9. The van der Waals surface area contributed by atoms with Gasteiger partial charge in [-0.2, -0.15) is 13.5 Å². The third-order valence-corrected chi connectivity index (χ3v) is 21.4. The van der Waals surface area contributed by atoms with Gasteiger partial charge in [-0.15, -0.1) is 0 Å². The van der Waals surface area contributed by atoms with Crippen LogP contribution < -0.4 is 32.3 Å². The van der Waals surface area contributed by atoms with Gasteiger partial charge in [-0.1, -0.05) is 75.8 Å². The van der Waals surface area contributed by atoms with E-state index in [4.69, 9.17) is 25.3 Å². The number of nitrogens with zero attached hydrogens (tertiary/aromatic N) is 7. The molecule has 3 unspecified atom stereocenters. The molecule has 6 atom stereocenters. The lowest BCUT2D eigenvalue weighted by atomic mass is 9.39. The normalized spacial score (nSPS) is 20.3. The molecule has 4 fully saturated rings. The number of primary amides is 1. The minimum Gasteiger partial charge on any atom is -0.476 e. The number of anilines is 2. The number of pyridine rings is 2. The molecule has 3 aromatic carbocycles. The lowest BCUT2D eigenvalue weighted by molar-refractivity contribution is -0.248. The summed E-state index contributed by atoms with van der Waals surface area (Å²) < 4.78 is 49.6. The van der Waals surface area contributed by atoms with Crippen LogP contribution in [0.1, 0.15) is 137 Å². The number of nitrogens with one attached hydrogen (secondary N) is 5. The summed E-state index contributed by atoms with van der Waals surface area (Å²) in [4.78, 5) is 133. The number of urea groups is 1. The molecule has 28 nitrogen and oxygen atoms in total. The van der Waals surface area contributed by atoms with E-state index in [9.17, 15) is 61.2 Å². The van der Waals surface area contributed by atoms with Crippen molar-refractivity contribution in [3.63, 3.8) is 0 Å². The van der Waals surface area contributed by atoms with Gasteiger partial charge in [0.2, 0.25) is 17.7 Å². The number of ether oxygens (including phenoxy) is 2. The summed E-state index contributed by atoms with van der Waals surface area (Å²) >= 11 is 1.36. The maximum atomic E-state index is 13.9. The Kier molecular flexibility index (Phi) is 22.2. The molecule has 7 aromatic rings. The number of carboxylic acid groups (broad SMARTS) is 1. The molecule has 544 valence electrons. The van der Waals surface area contributed by atoms with Gasteiger partial charge in [-0.3, -0.25) is 53.2 Å². The van der Waals surface area contributed by atoms with Gasteiger partial charge in [-0.05, 0) is 153 Å². The van der Waals surface area contributed by atoms with Crippen molar-refractivity contribution in [2.45, 2.75) is 143 Å². The summed E-state index contributed by atoms with van der Waals surface area (Å²) in [6.45, 7) is 10.1. The number of imide groups is 1. The number of hydrogen-bond donors (Lipinski definition) is 8. The summed E-state index contributed by atoms with van der Waals surface area (Å²) in [6.07, 6.45) is 11.6. The lowest BCUT2D eigenvalue weighted by Gasteiger charge is -2.69. The fourth-order valence-corrected chi connectivity index (χ4v) is 17.5. The highest BCUT2D eigenvalue weighted by Gasteiger charge is 2.66. The Balaban J connectivity index is 0.707. The first-order valence-corrected chi connectivity index (χ1v) is 36.8. The zero-order valence-corrected chi connectivity index (χ0v) is 59.6. The number of rotatable bonds is 32. The van der Waals surface area contributed by atoms with Gasteiger partial charge >= 0.3 is 18.1 Å². The highest BCUT2D eigenvalue weighted by atomic mass is 32.2. The standard InChI is InChI=1S/C73H85N13O15S2/c1-44(2)61(82-58(87)15-7-6-10-29-85-59(88)24-25-60(85)89)65(92)80-56(13-11-27-76-67(74)95)64(91)78-48-19-16-46(17-20-48)36-100-69(96)84(31-33-103(97,98)99)30-32-101-73-40-70(4)37-71(5,41-73)39-72(38-70,42-73)43-86-45(3)52(35-77-86)49-21-23-53(79-62(49)66(93)94)47-18-22-54-51(34-47)50(26-28-75-54)63(90)83-68-81-55-12-8-9-14-57(55)102-68/h8-9,12,14,16-26,28,34-35,44,56,61H,6-7,10-11,13,15,27,29-33,36-43H2,1-5H3,(H,78,91)(H,80,92)(H,82,87)(H,93,94)(H3,74,76,95)(H,81,83,90)(H,97,98,99)/t56-,61-,70+,71?,72?,73?/m0/s1. The van der Waals surface area contributed by atoms with Gasteiger partial charge in [0.15, 0.2) is 10.8 Å². The molecule has 9 N–H and O–H groups in total. The summed E-state index contributed by atoms with van der Waals surface area (Å²) in [7, 11) is -4.52. The van der Waals surface area contributed by atoms with Crippen molar-refractivity contribution < 1.29 is 70.7 Å². The van der Waals surface area contributed by atoms with Gasteiger partial charge in [0.25, 0.3) is 27.8 Å². The molecule has 4 aromatic heterocycles. The van der Waals surface area contributed by atoms with Gasteiger partial charge in [-0.25, -0.2) is 24.4 Å². The number of carbonyl (C=O) groups excluding carboxylic acids is 8. The average molecular weight is 1450 g/mol. The number of unbranched alkanes of at least 4 members (excludes halogenated alkanes) is 2. The Hall–Kier alpha value is -10.0. The number of benzene rings is 3. The maximum absolute atomic E-state index is 13.9. The number of fused-ring (bicyclic) bond motifs is 2. The van der Waals surface area contributed by atoms with Crippen molar-refractivity contribution >= 4 is 107 Å². The predicted molar refractivity (Wildman–Crippen MR) is 384 cm³/mol. The summed E-state index contributed by atoms with van der Waals surface area (Å²) in [5.41, 5.74) is 9.10. The smallest absolute Gasteiger partial charge is 0.410 e. The number of carboxylic acids is 1. The molecule has 103 heavy (non-hydrogen) atoms. The molecule has 0 spiro atoms. The van der Waals surface area contributed by atoms with Crippen LogP contribution in [0, 0.1) is 29.1 Å². The Morgan fingerprint density at radius 3 is 2.23 bits per heavy atom. The molecule has 5 aliphatic rings. The number of thiazole rings is 1. The lowest BCUT2D eigenvalue weighted by Crippen LogP contribution is -2.64. The monoisotopic (exact) mass is 1450 g/mol. The quantitative estimate of drug-likeness (QED) is 0.0111. The largest absolute Gasteiger partial charge is 0.476 e. The summed E-state index contributed by atoms with van der Waals surface area (Å²) in [5.74, 6) is -5.13. The Morgan fingerprint density at radius 1 is 0.796 bits per heavy atom. The minimum absolute atomic E-state index is 0.0192. The molecule has 1 aliphatic heterocycles. The highest BCUT2D eigenvalue weighted by Crippen LogP contribution is 2.72. The molecular weight excluding hydrogens is 1360 g/mol. The zero-order chi connectivity index (χ0) is 73.6. The van der Waals surface area contributed by atoms with E-state index in [1.54, 1.807) is 86.9 Å². The van der Waals surface area contributed by atoms with Crippen molar-refractivity contribution in [2.24, 2.45) is 27.9 Å². The van der Waals surface area contributed by atoms with Crippen LogP contribution in [-0.2, 0) is 56.7 Å². The SMILES string of the molecule is Cc1c(-c2ccc(-c3ccc4nccc(C(=O)Nc5nc6ccccc6s5)c4c3)nc2C(=O)O)cnn1CC12CC3(C)CC(OCCN(CCS(=O)(=O)O)C(=O)OCc4ccc(NC(=O)[C@H](CCCNC(N)=O)NC(=O)[C@@H](NC(=O)CCCCCN5C(=O)C=CC5=O)C(C)C)cc4)(C1)C[C@](C)(C3)C2. The number of hydrogen-bond acceptors (Lipinski definition) is 18. The predicted octanol–water partition coefficient (Wildman–Crippen LogP) is 9.19. The summed E-state index contributed by atoms with van der Waals surface area (Å²) in [6, 6.07) is 21.4. The van der Waals surface area contributed by atoms with E-state index in [0.717, 1.165) is 52.9 Å². The van der Waals surface area contributed by atoms with E-state index >= 15 is 0 Å². The van der Waals surface area contributed by atoms with Crippen LogP contribution in [-0.4, -0.2) is 162 Å². The van der Waals surface area contributed by atoms with Gasteiger partial charge in [0, 0.05) is 91.0 Å². The van der Waals surface area contributed by atoms with Crippen LogP contribution in [0.4, 0.5) is 20.4 Å². The molecule has 5 heterocycles. The van der Waals surface area contributed by atoms with E-state index < -0.39 is 75.9 Å². The van der Waals surface area contributed by atoms with Crippen LogP contribution in [0.5, 0.6) is 0 Å². The minimum atomic E-state index is -4.52. The molecule has 9 amide bonds. The molecular formula is C73H85N13O15S2. The Bertz CT molecular complexity index is 4530. The second-order valence-corrected chi connectivity index (χ2v) is 31.3. The van der Waals surface area contributed by atoms with Crippen LogP contribution in [0.3, 0.4) is 0 Å². The third kappa shape index (κ3) is 18.1. The fourth-order valence-electron chi connectivity index (χ4n) is 16.2. The van der Waals surface area contributed by atoms with Crippen LogP contribution in [0.15, 0.2) is 109 Å². The maximum Gasteiger partial charge on any atom is 0.410 e. The molecule has 30 heteroatoms. The van der Waals surface area contributed by atoms with Crippen LogP contribution in [0.2, 0.25) is 0 Å².